The Morgan fingerprint density at radius 2 is 2.06 bits per heavy atom. The first kappa shape index (κ1) is 12.8. The summed E-state index contributed by atoms with van der Waals surface area (Å²) in [5, 5.41) is 3.06. The van der Waals surface area contributed by atoms with Crippen molar-refractivity contribution in [2.24, 2.45) is 0 Å². The molecule has 1 aromatic heterocycles. The van der Waals surface area contributed by atoms with Crippen molar-refractivity contribution in [3.8, 4) is 6.01 Å². The first-order chi connectivity index (χ1) is 8.58. The monoisotopic (exact) mass is 357 g/mol. The number of hydrogen-bond acceptors (Lipinski definition) is 6. The third-order valence-corrected chi connectivity index (χ3v) is 3.40. The van der Waals surface area contributed by atoms with Crippen LogP contribution in [0.25, 0.3) is 0 Å². The lowest BCUT2D eigenvalue weighted by Gasteiger charge is -2.07. The Morgan fingerprint density at radius 1 is 1.28 bits per heavy atom. The molecule has 0 spiro atoms. The van der Waals surface area contributed by atoms with Gasteiger partial charge >= 0.3 is 6.01 Å². The summed E-state index contributed by atoms with van der Waals surface area (Å²) in [6, 6.07) is 6.16. The van der Waals surface area contributed by atoms with Crippen LogP contribution in [0.4, 0.5) is 17.6 Å². The van der Waals surface area contributed by atoms with Gasteiger partial charge in [-0.2, -0.15) is 15.0 Å². The molecule has 2 aromatic rings. The van der Waals surface area contributed by atoms with Gasteiger partial charge in [-0.15, -0.1) is 0 Å². The highest BCUT2D eigenvalue weighted by Crippen LogP contribution is 2.20. The fraction of sp³-hybridized carbons (Fsp3) is 0.182. The van der Waals surface area contributed by atoms with E-state index in [0.717, 1.165) is 9.26 Å². The number of nitrogens with two attached hydrogens (primary N) is 1. The summed E-state index contributed by atoms with van der Waals surface area (Å²) in [5.41, 5.74) is 7.66. The second-order valence-electron chi connectivity index (χ2n) is 3.59. The largest absolute Gasteiger partial charge is 0.467 e. The number of anilines is 3. The zero-order chi connectivity index (χ0) is 13.1. The molecule has 0 fully saturated rings. The third kappa shape index (κ3) is 2.97. The lowest BCUT2D eigenvalue weighted by molar-refractivity contribution is 0.380. The van der Waals surface area contributed by atoms with Gasteiger partial charge in [0.2, 0.25) is 11.9 Å². The predicted molar refractivity (Wildman–Crippen MR) is 78.0 cm³/mol. The van der Waals surface area contributed by atoms with E-state index in [-0.39, 0.29) is 12.0 Å². The van der Waals surface area contributed by atoms with Crippen LogP contribution in [-0.4, -0.2) is 22.1 Å². The van der Waals surface area contributed by atoms with Gasteiger partial charge < -0.3 is 15.8 Å². The number of rotatable bonds is 3. The number of nitrogens with one attached hydrogen (secondary N) is 1. The first-order valence-electron chi connectivity index (χ1n) is 5.17. The van der Waals surface area contributed by atoms with E-state index in [2.05, 4.69) is 49.8 Å². The van der Waals surface area contributed by atoms with Crippen LogP contribution >= 0.6 is 22.6 Å². The van der Waals surface area contributed by atoms with E-state index in [9.17, 15) is 0 Å². The van der Waals surface area contributed by atoms with Crippen molar-refractivity contribution in [1.29, 1.82) is 0 Å². The Kier molecular flexibility index (Phi) is 3.80. The van der Waals surface area contributed by atoms with Crippen LogP contribution in [0.15, 0.2) is 18.2 Å². The topological polar surface area (TPSA) is 86.0 Å². The van der Waals surface area contributed by atoms with Crippen LogP contribution in [0.3, 0.4) is 0 Å². The molecule has 0 bridgehead atoms. The second kappa shape index (κ2) is 5.34. The fourth-order valence-electron chi connectivity index (χ4n) is 1.32. The van der Waals surface area contributed by atoms with E-state index in [1.54, 1.807) is 0 Å². The first-order valence-corrected chi connectivity index (χ1v) is 6.25. The molecule has 0 aliphatic rings. The van der Waals surface area contributed by atoms with Gasteiger partial charge in [-0.05, 0) is 47.2 Å². The van der Waals surface area contributed by atoms with Crippen molar-refractivity contribution in [1.82, 2.24) is 15.0 Å². The summed E-state index contributed by atoms with van der Waals surface area (Å²) in [5.74, 6) is 0.477. The normalized spacial score (nSPS) is 10.2. The number of benzene rings is 1. The van der Waals surface area contributed by atoms with Crippen LogP contribution in [0.2, 0.25) is 0 Å². The Bertz CT molecular complexity index is 575. The van der Waals surface area contributed by atoms with E-state index in [0.29, 0.717) is 5.95 Å². The van der Waals surface area contributed by atoms with Gasteiger partial charge in [-0.3, -0.25) is 0 Å². The molecule has 0 amide bonds. The maximum Gasteiger partial charge on any atom is 0.322 e. The third-order valence-electron chi connectivity index (χ3n) is 2.24. The number of aryl methyl sites for hydroxylation is 1. The number of nitrogens with zero attached hydrogens (tertiary/aromatic N) is 3. The summed E-state index contributed by atoms with van der Waals surface area (Å²) in [6.45, 7) is 2.05. The van der Waals surface area contributed by atoms with Gasteiger partial charge in [0.1, 0.15) is 0 Å². The summed E-state index contributed by atoms with van der Waals surface area (Å²) in [7, 11) is 1.48. The van der Waals surface area contributed by atoms with E-state index in [1.165, 1.54) is 12.7 Å². The van der Waals surface area contributed by atoms with E-state index in [1.807, 2.05) is 18.2 Å². The Balaban J connectivity index is 2.27. The molecule has 0 saturated heterocycles. The van der Waals surface area contributed by atoms with E-state index < -0.39 is 0 Å². The number of methoxy groups -OCH3 is 1. The minimum Gasteiger partial charge on any atom is -0.467 e. The molecular weight excluding hydrogens is 345 g/mol. The van der Waals surface area contributed by atoms with E-state index in [4.69, 9.17) is 10.5 Å². The standard InChI is InChI=1S/C11H12IN5O/c1-6-3-4-7(5-8(6)12)14-10-15-9(13)16-11(17-10)18-2/h3-5H,1-2H3,(H3,13,14,15,16,17). The zero-order valence-corrected chi connectivity index (χ0v) is 12.1. The SMILES string of the molecule is COc1nc(N)nc(Nc2ccc(C)c(I)c2)n1. The van der Waals surface area contributed by atoms with E-state index >= 15 is 0 Å². The quantitative estimate of drug-likeness (QED) is 0.819. The molecule has 18 heavy (non-hydrogen) atoms. The molecular formula is C11H12IN5O. The molecule has 2 rings (SSSR count). The molecule has 0 aliphatic carbocycles. The lowest BCUT2D eigenvalue weighted by Crippen LogP contribution is -2.05. The molecule has 3 N–H and O–H groups in total. The summed E-state index contributed by atoms with van der Waals surface area (Å²) in [6.07, 6.45) is 0. The van der Waals surface area contributed by atoms with Crippen molar-refractivity contribution in [3.63, 3.8) is 0 Å². The van der Waals surface area contributed by atoms with Gasteiger partial charge in [0.25, 0.3) is 0 Å². The average Bonchev–Trinajstić information content (AvgIpc) is 2.33. The maximum atomic E-state index is 5.56. The Hall–Kier alpha value is -1.64. The molecule has 0 aliphatic heterocycles. The van der Waals surface area contributed by atoms with Gasteiger partial charge in [0, 0.05) is 9.26 Å². The molecule has 0 unspecified atom stereocenters. The maximum absolute atomic E-state index is 5.56. The number of hydrogen-bond donors (Lipinski definition) is 2. The van der Waals surface area contributed by atoms with Crippen molar-refractivity contribution in [2.45, 2.75) is 6.92 Å². The highest BCUT2D eigenvalue weighted by atomic mass is 127. The Labute approximate surface area is 118 Å². The van der Waals surface area contributed by atoms with Gasteiger partial charge in [0.15, 0.2) is 0 Å². The lowest BCUT2D eigenvalue weighted by atomic mass is 10.2. The van der Waals surface area contributed by atoms with Crippen LogP contribution in [0.1, 0.15) is 5.56 Å². The molecule has 0 atom stereocenters. The summed E-state index contributed by atoms with van der Waals surface area (Å²) in [4.78, 5) is 11.9. The molecule has 94 valence electrons. The number of ether oxygens (including phenoxy) is 1. The number of nitrogen functional groups attached to an aromatic ring is 1. The Morgan fingerprint density at radius 3 is 2.72 bits per heavy atom. The van der Waals surface area contributed by atoms with Crippen LogP contribution in [0, 0.1) is 10.5 Å². The smallest absolute Gasteiger partial charge is 0.322 e. The molecule has 1 heterocycles. The molecule has 6 nitrogen and oxygen atoms in total. The predicted octanol–water partition coefficient (Wildman–Crippen LogP) is 2.12. The van der Waals surface area contributed by atoms with Crippen LogP contribution < -0.4 is 15.8 Å². The summed E-state index contributed by atoms with van der Waals surface area (Å²) < 4.78 is 6.09. The molecule has 0 saturated carbocycles. The van der Waals surface area contributed by atoms with Crippen molar-refractivity contribution < 1.29 is 4.74 Å². The molecule has 7 heteroatoms. The zero-order valence-electron chi connectivity index (χ0n) is 9.94. The minimum absolute atomic E-state index is 0.117. The van der Waals surface area contributed by atoms with Crippen molar-refractivity contribution >= 4 is 40.2 Å². The highest BCUT2D eigenvalue weighted by Gasteiger charge is 2.05. The number of aromatic nitrogens is 3. The average molecular weight is 357 g/mol. The van der Waals surface area contributed by atoms with Crippen LogP contribution in [0.5, 0.6) is 6.01 Å². The van der Waals surface area contributed by atoms with Gasteiger partial charge in [0.05, 0.1) is 7.11 Å². The second-order valence-corrected chi connectivity index (χ2v) is 4.76. The number of halogens is 1. The fourth-order valence-corrected chi connectivity index (χ4v) is 1.83. The van der Waals surface area contributed by atoms with Gasteiger partial charge in [-0.1, -0.05) is 6.07 Å². The molecule has 1 aromatic carbocycles. The summed E-state index contributed by atoms with van der Waals surface area (Å²) >= 11 is 2.27. The van der Waals surface area contributed by atoms with Crippen LogP contribution in [-0.2, 0) is 0 Å². The van der Waals surface area contributed by atoms with Crippen molar-refractivity contribution in [2.75, 3.05) is 18.2 Å². The minimum atomic E-state index is 0.117. The molecule has 0 radical (unpaired) electrons. The van der Waals surface area contributed by atoms with Gasteiger partial charge in [-0.25, -0.2) is 0 Å². The van der Waals surface area contributed by atoms with Crippen molar-refractivity contribution in [3.05, 3.63) is 27.3 Å². The highest BCUT2D eigenvalue weighted by molar-refractivity contribution is 14.1.